The predicted octanol–water partition coefficient (Wildman–Crippen LogP) is 1.97. The molecule has 0 aromatic rings. The third-order valence-corrected chi connectivity index (χ3v) is 9.02. The normalized spacial score (nSPS) is 41.5. The van der Waals surface area contributed by atoms with Crippen molar-refractivity contribution < 1.29 is 39.2 Å². The molecule has 6 unspecified atom stereocenters. The van der Waals surface area contributed by atoms with Crippen LogP contribution in [-0.4, -0.2) is 57.1 Å². The number of fused-ring (bicyclic) bond motifs is 5. The zero-order valence-corrected chi connectivity index (χ0v) is 19.1. The van der Waals surface area contributed by atoms with E-state index in [1.54, 1.807) is 12.2 Å². The van der Waals surface area contributed by atoms with Gasteiger partial charge in [0.15, 0.2) is 12.4 Å². The van der Waals surface area contributed by atoms with Gasteiger partial charge in [-0.05, 0) is 56.1 Å². The second-order valence-corrected chi connectivity index (χ2v) is 10.6. The van der Waals surface area contributed by atoms with Gasteiger partial charge in [-0.3, -0.25) is 19.2 Å². The minimum absolute atomic E-state index is 0.00645. The van der Waals surface area contributed by atoms with Crippen LogP contribution in [0.25, 0.3) is 0 Å². The first kappa shape index (κ1) is 23.8. The Hall–Kier alpha value is -2.32. The van der Waals surface area contributed by atoms with Crippen LogP contribution < -0.4 is 0 Å². The number of aliphatic carboxylic acids is 1. The highest BCUT2D eigenvalue weighted by Gasteiger charge is 2.68. The molecule has 8 heteroatoms. The number of allylic oxidation sites excluding steroid dienone is 4. The second kappa shape index (κ2) is 8.17. The van der Waals surface area contributed by atoms with Crippen LogP contribution in [0.3, 0.4) is 0 Å². The van der Waals surface area contributed by atoms with Gasteiger partial charge in [0.05, 0.1) is 18.9 Å². The molecule has 0 aromatic carbocycles. The summed E-state index contributed by atoms with van der Waals surface area (Å²) < 4.78 is 4.96. The molecule has 3 fully saturated rings. The summed E-state index contributed by atoms with van der Waals surface area (Å²) in [6.45, 7) is 3.30. The molecule has 3 saturated carbocycles. The van der Waals surface area contributed by atoms with Gasteiger partial charge in [0.2, 0.25) is 5.78 Å². The number of hydrogen-bond donors (Lipinski definition) is 3. The molecule has 0 aliphatic heterocycles. The number of ketones is 2. The number of carbonyl (C=O) groups is 4. The Bertz CT molecular complexity index is 950. The molecule has 7 atom stereocenters. The minimum Gasteiger partial charge on any atom is -0.481 e. The van der Waals surface area contributed by atoms with Gasteiger partial charge in [0, 0.05) is 16.7 Å². The smallest absolute Gasteiger partial charge is 0.306 e. The first-order valence-corrected chi connectivity index (χ1v) is 11.7. The van der Waals surface area contributed by atoms with E-state index in [2.05, 4.69) is 6.92 Å². The molecule has 0 aromatic heterocycles. The lowest BCUT2D eigenvalue weighted by Gasteiger charge is -2.59. The van der Waals surface area contributed by atoms with Crippen LogP contribution >= 0.6 is 0 Å². The maximum atomic E-state index is 13.1. The summed E-state index contributed by atoms with van der Waals surface area (Å²) in [4.78, 5) is 47.4. The van der Waals surface area contributed by atoms with Gasteiger partial charge in [0.1, 0.15) is 5.60 Å². The number of Topliss-reactive ketones (excluding diaryl/α,β-unsaturated/α-hetero) is 1. The number of esters is 1. The molecule has 4 rings (SSSR count). The van der Waals surface area contributed by atoms with Gasteiger partial charge >= 0.3 is 11.9 Å². The molecule has 8 nitrogen and oxygen atoms in total. The molecule has 180 valence electrons. The quantitative estimate of drug-likeness (QED) is 0.512. The molecular formula is C25H32O8. The SMILES string of the molecule is CC12C=CC(=O)C=C1CCC1C2C(O)CC2(C)C1CC[C@@]2(O)C(=O)COC(=O)CCC(=O)O. The van der Waals surface area contributed by atoms with Gasteiger partial charge in [-0.25, -0.2) is 0 Å². The van der Waals surface area contributed by atoms with Crippen molar-refractivity contribution in [2.45, 2.75) is 70.5 Å². The molecule has 4 aliphatic rings. The molecule has 0 radical (unpaired) electrons. The number of aliphatic hydroxyl groups excluding tert-OH is 1. The highest BCUT2D eigenvalue weighted by Crippen LogP contribution is 2.67. The van der Waals surface area contributed by atoms with Crippen molar-refractivity contribution in [2.24, 2.45) is 28.6 Å². The summed E-state index contributed by atoms with van der Waals surface area (Å²) in [6, 6.07) is 0. The van der Waals surface area contributed by atoms with Crippen molar-refractivity contribution in [3.8, 4) is 0 Å². The fourth-order valence-electron chi connectivity index (χ4n) is 7.34. The van der Waals surface area contributed by atoms with Crippen molar-refractivity contribution in [3.63, 3.8) is 0 Å². The maximum absolute atomic E-state index is 13.1. The summed E-state index contributed by atoms with van der Waals surface area (Å²) in [5, 5.41) is 31.6. The number of aliphatic hydroxyl groups is 2. The summed E-state index contributed by atoms with van der Waals surface area (Å²) in [5.74, 6) is -2.58. The van der Waals surface area contributed by atoms with E-state index >= 15 is 0 Å². The van der Waals surface area contributed by atoms with Crippen LogP contribution in [0.15, 0.2) is 23.8 Å². The van der Waals surface area contributed by atoms with Gasteiger partial charge in [-0.1, -0.05) is 25.5 Å². The number of carboxylic acids is 1. The third-order valence-electron chi connectivity index (χ3n) is 9.02. The van der Waals surface area contributed by atoms with E-state index < -0.39 is 46.9 Å². The molecule has 0 amide bonds. The highest BCUT2D eigenvalue weighted by molar-refractivity contribution is 6.01. The lowest BCUT2D eigenvalue weighted by molar-refractivity contribution is -0.181. The summed E-state index contributed by atoms with van der Waals surface area (Å²) in [6.07, 6.45) is 6.27. The monoisotopic (exact) mass is 460 g/mol. The van der Waals surface area contributed by atoms with Gasteiger partial charge in [0.25, 0.3) is 0 Å². The van der Waals surface area contributed by atoms with Crippen molar-refractivity contribution in [2.75, 3.05) is 6.61 Å². The molecule has 33 heavy (non-hydrogen) atoms. The van der Waals surface area contributed by atoms with Crippen LogP contribution in [0, 0.1) is 28.6 Å². The predicted molar refractivity (Wildman–Crippen MR) is 116 cm³/mol. The fourth-order valence-corrected chi connectivity index (χ4v) is 7.34. The van der Waals surface area contributed by atoms with Gasteiger partial charge < -0.3 is 20.1 Å². The summed E-state index contributed by atoms with van der Waals surface area (Å²) >= 11 is 0. The van der Waals surface area contributed by atoms with Crippen molar-refractivity contribution in [1.29, 1.82) is 0 Å². The average molecular weight is 461 g/mol. The van der Waals surface area contributed by atoms with Crippen LogP contribution in [0.2, 0.25) is 0 Å². The van der Waals surface area contributed by atoms with Crippen molar-refractivity contribution >= 4 is 23.5 Å². The zero-order valence-electron chi connectivity index (χ0n) is 19.1. The molecule has 0 saturated heterocycles. The van der Waals surface area contributed by atoms with Crippen LogP contribution in [0.1, 0.15) is 58.8 Å². The van der Waals surface area contributed by atoms with E-state index in [4.69, 9.17) is 9.84 Å². The maximum Gasteiger partial charge on any atom is 0.306 e. The Labute approximate surface area is 192 Å². The Kier molecular flexibility index (Phi) is 5.90. The number of hydrogen-bond acceptors (Lipinski definition) is 7. The number of carboxylic acid groups (broad SMARTS) is 1. The van der Waals surface area contributed by atoms with E-state index in [-0.39, 0.29) is 49.2 Å². The molecule has 0 bridgehead atoms. The lowest BCUT2D eigenvalue weighted by Crippen LogP contribution is -2.61. The lowest BCUT2D eigenvalue weighted by atomic mass is 9.46. The number of carbonyl (C=O) groups excluding carboxylic acids is 3. The standard InChI is InChI=1S/C25H32O8/c1-23-9-7-15(26)11-14(23)3-4-16-17-8-10-25(32,24(17,2)12-18(27)22(16)23)19(28)13-33-21(31)6-5-20(29)30/h7,9,11,16-18,22,27,32H,3-6,8,10,12-13H2,1-2H3,(H,29,30)/t16?,17?,18?,22?,23?,24?,25-/m1/s1. The van der Waals surface area contributed by atoms with E-state index in [1.165, 1.54) is 0 Å². The van der Waals surface area contributed by atoms with E-state index in [0.717, 1.165) is 18.4 Å². The summed E-state index contributed by atoms with van der Waals surface area (Å²) in [7, 11) is 0. The molecule has 4 aliphatic carbocycles. The third kappa shape index (κ3) is 3.67. The Morgan fingerprint density at radius 3 is 2.61 bits per heavy atom. The fraction of sp³-hybridized carbons (Fsp3) is 0.680. The molecule has 3 N–H and O–H groups in total. The molecule has 0 heterocycles. The zero-order chi connectivity index (χ0) is 24.2. The Morgan fingerprint density at radius 1 is 1.18 bits per heavy atom. The molecule has 0 spiro atoms. The highest BCUT2D eigenvalue weighted by atomic mass is 16.5. The van der Waals surface area contributed by atoms with E-state index in [1.807, 2.05) is 13.0 Å². The second-order valence-electron chi connectivity index (χ2n) is 10.6. The van der Waals surface area contributed by atoms with E-state index in [9.17, 15) is 29.4 Å². The largest absolute Gasteiger partial charge is 0.481 e. The topological polar surface area (TPSA) is 138 Å². The molecular weight excluding hydrogens is 428 g/mol. The Balaban J connectivity index is 1.53. The van der Waals surface area contributed by atoms with Crippen LogP contribution in [0.5, 0.6) is 0 Å². The van der Waals surface area contributed by atoms with Gasteiger partial charge in [-0.15, -0.1) is 0 Å². The summed E-state index contributed by atoms with van der Waals surface area (Å²) in [5.41, 5.74) is -1.99. The van der Waals surface area contributed by atoms with E-state index in [0.29, 0.717) is 6.42 Å². The van der Waals surface area contributed by atoms with Crippen LogP contribution in [0.4, 0.5) is 0 Å². The van der Waals surface area contributed by atoms with Gasteiger partial charge in [-0.2, -0.15) is 0 Å². The first-order valence-electron chi connectivity index (χ1n) is 11.7. The minimum atomic E-state index is -1.73. The number of rotatable bonds is 6. The van der Waals surface area contributed by atoms with Crippen molar-refractivity contribution in [3.05, 3.63) is 23.8 Å². The average Bonchev–Trinajstić information content (AvgIpc) is 3.02. The van der Waals surface area contributed by atoms with Crippen molar-refractivity contribution in [1.82, 2.24) is 0 Å². The number of ether oxygens (including phenoxy) is 1. The van der Waals surface area contributed by atoms with Crippen LogP contribution in [-0.2, 0) is 23.9 Å². The first-order chi connectivity index (χ1) is 15.4. The Morgan fingerprint density at radius 2 is 1.91 bits per heavy atom.